The van der Waals surface area contributed by atoms with Crippen molar-refractivity contribution in [3.8, 4) is 11.5 Å². The van der Waals surface area contributed by atoms with Crippen molar-refractivity contribution in [1.29, 1.82) is 0 Å². The summed E-state index contributed by atoms with van der Waals surface area (Å²) in [6, 6.07) is 12.0. The van der Waals surface area contributed by atoms with Gasteiger partial charge in [0.05, 0.1) is 16.7 Å². The predicted octanol–water partition coefficient (Wildman–Crippen LogP) is 4.36. The van der Waals surface area contributed by atoms with Crippen molar-refractivity contribution in [2.75, 3.05) is 18.4 Å². The monoisotopic (exact) mass is 460 g/mol. The molecule has 1 saturated heterocycles. The van der Waals surface area contributed by atoms with E-state index in [4.69, 9.17) is 9.47 Å². The molecular formula is C24H32N2O5S. The molecule has 0 aliphatic carbocycles. The van der Waals surface area contributed by atoms with Crippen LogP contribution in [0.3, 0.4) is 0 Å². The second-order valence-corrected chi connectivity index (χ2v) is 10.3. The number of rotatable bonds is 8. The molecule has 1 N–H and O–H groups in total. The van der Waals surface area contributed by atoms with Gasteiger partial charge in [-0.3, -0.25) is 4.79 Å². The van der Waals surface area contributed by atoms with Crippen molar-refractivity contribution < 1.29 is 22.7 Å². The Kier molecular flexibility index (Phi) is 7.79. The molecule has 0 saturated carbocycles. The van der Waals surface area contributed by atoms with Gasteiger partial charge < -0.3 is 14.8 Å². The first kappa shape index (κ1) is 24.1. The van der Waals surface area contributed by atoms with E-state index in [-0.39, 0.29) is 11.0 Å². The fraction of sp³-hybridized carbons (Fsp3) is 0.458. The molecule has 2 aromatic rings. The van der Waals surface area contributed by atoms with Crippen LogP contribution >= 0.6 is 0 Å². The van der Waals surface area contributed by atoms with Gasteiger partial charge in [0, 0.05) is 13.1 Å². The van der Waals surface area contributed by atoms with E-state index in [1.807, 2.05) is 39.0 Å². The molecule has 3 rings (SSSR count). The fourth-order valence-electron chi connectivity index (χ4n) is 3.56. The van der Waals surface area contributed by atoms with Crippen LogP contribution in [0.15, 0.2) is 47.4 Å². The lowest BCUT2D eigenvalue weighted by Gasteiger charge is -2.26. The summed E-state index contributed by atoms with van der Waals surface area (Å²) in [5, 5.41) is 2.79. The highest BCUT2D eigenvalue weighted by Crippen LogP contribution is 2.31. The summed E-state index contributed by atoms with van der Waals surface area (Å²) in [4.78, 5) is 13.0. The van der Waals surface area contributed by atoms with E-state index < -0.39 is 22.0 Å². The van der Waals surface area contributed by atoms with Gasteiger partial charge in [-0.2, -0.15) is 4.31 Å². The number of nitrogens with zero attached hydrogens (tertiary/aromatic N) is 1. The number of piperidine rings is 1. The van der Waals surface area contributed by atoms with Crippen molar-refractivity contribution in [3.63, 3.8) is 0 Å². The maximum absolute atomic E-state index is 13.1. The summed E-state index contributed by atoms with van der Waals surface area (Å²) < 4.78 is 39.3. The van der Waals surface area contributed by atoms with E-state index in [1.54, 1.807) is 19.1 Å². The highest BCUT2D eigenvalue weighted by molar-refractivity contribution is 7.89. The molecule has 0 spiro atoms. The summed E-state index contributed by atoms with van der Waals surface area (Å²) in [5.41, 5.74) is 1.33. The highest BCUT2D eigenvalue weighted by atomic mass is 32.2. The molecule has 8 heteroatoms. The second kappa shape index (κ2) is 10.4. The number of sulfonamides is 1. The second-order valence-electron chi connectivity index (χ2n) is 8.36. The summed E-state index contributed by atoms with van der Waals surface area (Å²) >= 11 is 0. The molecule has 1 fully saturated rings. The normalized spacial score (nSPS) is 15.9. The quantitative estimate of drug-likeness (QED) is 0.633. The zero-order valence-corrected chi connectivity index (χ0v) is 19.9. The Morgan fingerprint density at radius 3 is 2.38 bits per heavy atom. The molecule has 1 aliphatic rings. The minimum absolute atomic E-state index is 0.137. The Labute approximate surface area is 190 Å². The Morgan fingerprint density at radius 1 is 1.00 bits per heavy atom. The first-order valence-corrected chi connectivity index (χ1v) is 12.5. The minimum atomic E-state index is -3.64. The van der Waals surface area contributed by atoms with Crippen LogP contribution in [0, 0.1) is 6.92 Å². The number of hydrogen-bond acceptors (Lipinski definition) is 5. The Bertz CT molecular complexity index is 1050. The van der Waals surface area contributed by atoms with Crippen molar-refractivity contribution in [3.05, 3.63) is 48.0 Å². The molecule has 1 amide bonds. The Balaban J connectivity index is 1.83. The minimum Gasteiger partial charge on any atom is -0.489 e. The van der Waals surface area contributed by atoms with Crippen LogP contribution in [0.25, 0.3) is 0 Å². The van der Waals surface area contributed by atoms with E-state index in [1.165, 1.54) is 16.4 Å². The van der Waals surface area contributed by atoms with Crippen LogP contribution in [-0.2, 0) is 14.8 Å². The summed E-state index contributed by atoms with van der Waals surface area (Å²) in [6.07, 6.45) is 1.81. The molecule has 0 aromatic heterocycles. The third-order valence-electron chi connectivity index (χ3n) is 5.20. The van der Waals surface area contributed by atoms with Crippen LogP contribution in [0.5, 0.6) is 11.5 Å². The smallest absolute Gasteiger partial charge is 0.265 e. The van der Waals surface area contributed by atoms with Gasteiger partial charge in [0.25, 0.3) is 5.91 Å². The summed E-state index contributed by atoms with van der Waals surface area (Å²) in [7, 11) is -3.64. The maximum atomic E-state index is 13.1. The van der Waals surface area contributed by atoms with Crippen molar-refractivity contribution in [2.45, 2.75) is 64.1 Å². The van der Waals surface area contributed by atoms with E-state index >= 15 is 0 Å². The third-order valence-corrected chi connectivity index (χ3v) is 7.09. The number of amides is 1. The highest BCUT2D eigenvalue weighted by Gasteiger charge is 2.27. The molecule has 1 heterocycles. The lowest BCUT2D eigenvalue weighted by atomic mass is 10.2. The maximum Gasteiger partial charge on any atom is 0.265 e. The number of carbonyl (C=O) groups excluding carboxylic acids is 1. The molecule has 7 nitrogen and oxygen atoms in total. The van der Waals surface area contributed by atoms with E-state index in [0.29, 0.717) is 30.3 Å². The van der Waals surface area contributed by atoms with Gasteiger partial charge in [0.1, 0.15) is 11.5 Å². The largest absolute Gasteiger partial charge is 0.489 e. The average molecular weight is 461 g/mol. The van der Waals surface area contributed by atoms with Crippen LogP contribution in [-0.4, -0.2) is 43.9 Å². The van der Waals surface area contributed by atoms with Gasteiger partial charge in [-0.1, -0.05) is 18.6 Å². The van der Waals surface area contributed by atoms with Gasteiger partial charge in [-0.25, -0.2) is 8.42 Å². The van der Waals surface area contributed by atoms with Gasteiger partial charge in [-0.15, -0.1) is 0 Å². The number of benzene rings is 2. The lowest BCUT2D eigenvalue weighted by molar-refractivity contribution is -0.122. The molecule has 1 unspecified atom stereocenters. The van der Waals surface area contributed by atoms with E-state index in [2.05, 4.69) is 5.32 Å². The van der Waals surface area contributed by atoms with Crippen molar-refractivity contribution >= 4 is 21.6 Å². The number of aryl methyl sites for hydroxylation is 1. The zero-order chi connectivity index (χ0) is 23.3. The molecule has 32 heavy (non-hydrogen) atoms. The molecule has 0 bridgehead atoms. The molecule has 1 aliphatic heterocycles. The van der Waals surface area contributed by atoms with E-state index in [0.717, 1.165) is 24.8 Å². The predicted molar refractivity (Wildman–Crippen MR) is 125 cm³/mol. The van der Waals surface area contributed by atoms with Crippen LogP contribution in [0.2, 0.25) is 0 Å². The standard InChI is InChI=1S/C24H32N2O5S/c1-17(2)30-23-12-11-21(32(28,29)26-13-6-5-7-14-26)16-22(23)25-24(27)19(4)31-20-10-8-9-18(3)15-20/h8-12,15-17,19H,5-7,13-14H2,1-4H3,(H,25,27). The van der Waals surface area contributed by atoms with Crippen LogP contribution in [0.1, 0.15) is 45.6 Å². The molecule has 0 radical (unpaired) electrons. The summed E-state index contributed by atoms with van der Waals surface area (Å²) in [6.45, 7) is 8.35. The Hall–Kier alpha value is -2.58. The van der Waals surface area contributed by atoms with Crippen LogP contribution in [0.4, 0.5) is 5.69 Å². The number of nitrogens with one attached hydrogen (secondary N) is 1. The fourth-order valence-corrected chi connectivity index (χ4v) is 5.10. The number of carbonyl (C=O) groups is 1. The molecule has 174 valence electrons. The molecule has 2 aromatic carbocycles. The van der Waals surface area contributed by atoms with Crippen molar-refractivity contribution in [2.24, 2.45) is 0 Å². The first-order chi connectivity index (χ1) is 15.2. The van der Waals surface area contributed by atoms with Gasteiger partial charge in [0.2, 0.25) is 10.0 Å². The first-order valence-electron chi connectivity index (χ1n) is 11.0. The number of ether oxygens (including phenoxy) is 2. The molecule has 1 atom stereocenters. The zero-order valence-electron chi connectivity index (χ0n) is 19.1. The number of anilines is 1. The lowest BCUT2D eigenvalue weighted by Crippen LogP contribution is -2.35. The van der Waals surface area contributed by atoms with Gasteiger partial charge in [-0.05, 0) is 76.4 Å². The van der Waals surface area contributed by atoms with E-state index in [9.17, 15) is 13.2 Å². The number of hydrogen-bond donors (Lipinski definition) is 1. The molecular weight excluding hydrogens is 428 g/mol. The van der Waals surface area contributed by atoms with Gasteiger partial charge >= 0.3 is 0 Å². The van der Waals surface area contributed by atoms with Gasteiger partial charge in [0.15, 0.2) is 6.10 Å². The third kappa shape index (κ3) is 6.01. The topological polar surface area (TPSA) is 84.9 Å². The van der Waals surface area contributed by atoms with Crippen LogP contribution < -0.4 is 14.8 Å². The Morgan fingerprint density at radius 2 is 1.72 bits per heavy atom. The average Bonchev–Trinajstić information content (AvgIpc) is 2.75. The summed E-state index contributed by atoms with van der Waals surface area (Å²) in [5.74, 6) is 0.606. The van der Waals surface area contributed by atoms with Crippen molar-refractivity contribution in [1.82, 2.24) is 4.31 Å². The SMILES string of the molecule is Cc1cccc(OC(C)C(=O)Nc2cc(S(=O)(=O)N3CCCCC3)ccc2OC(C)C)c1.